The fourth-order valence-electron chi connectivity index (χ4n) is 1.50. The standard InChI is InChI=1S/C14H26/c1-6-8-9-10-11-12-13(7-2)14(3,4)5/h7,11-12H,6,8-10H2,1-5H3/b12-11+,13-7-. The SMILES string of the molecule is C/C=C(/C=C/CCCCC)C(C)(C)C. The largest absolute Gasteiger partial charge is 0.0843 e. The highest BCUT2D eigenvalue weighted by atomic mass is 14.2. The summed E-state index contributed by atoms with van der Waals surface area (Å²) in [6.45, 7) is 11.2. The van der Waals surface area contributed by atoms with Crippen LogP contribution in [0.25, 0.3) is 0 Å². The molecule has 0 spiro atoms. The Hall–Kier alpha value is -0.520. The van der Waals surface area contributed by atoms with Gasteiger partial charge in [-0.1, -0.05) is 58.8 Å². The Balaban J connectivity index is 3.96. The van der Waals surface area contributed by atoms with Crippen LogP contribution in [0.4, 0.5) is 0 Å². The summed E-state index contributed by atoms with van der Waals surface area (Å²) in [6.07, 6.45) is 12.0. The Morgan fingerprint density at radius 2 is 1.79 bits per heavy atom. The maximum atomic E-state index is 2.32. The minimum absolute atomic E-state index is 0.288. The molecule has 0 aliphatic carbocycles. The average Bonchev–Trinajstić information content (AvgIpc) is 2.09. The molecule has 0 bridgehead atoms. The van der Waals surface area contributed by atoms with E-state index in [1.807, 2.05) is 0 Å². The van der Waals surface area contributed by atoms with Gasteiger partial charge in [-0.2, -0.15) is 0 Å². The van der Waals surface area contributed by atoms with Gasteiger partial charge in [0, 0.05) is 0 Å². The van der Waals surface area contributed by atoms with Crippen LogP contribution in [-0.4, -0.2) is 0 Å². The minimum Gasteiger partial charge on any atom is -0.0843 e. The lowest BCUT2D eigenvalue weighted by Gasteiger charge is -2.19. The van der Waals surface area contributed by atoms with Gasteiger partial charge in [-0.15, -0.1) is 0 Å². The van der Waals surface area contributed by atoms with Crippen molar-refractivity contribution in [2.24, 2.45) is 5.41 Å². The summed E-state index contributed by atoms with van der Waals surface area (Å²) < 4.78 is 0. The number of rotatable bonds is 5. The molecular weight excluding hydrogens is 168 g/mol. The molecule has 0 aromatic rings. The van der Waals surface area contributed by atoms with E-state index in [1.165, 1.54) is 31.3 Å². The van der Waals surface area contributed by atoms with Gasteiger partial charge in [0.2, 0.25) is 0 Å². The quantitative estimate of drug-likeness (QED) is 0.421. The van der Waals surface area contributed by atoms with Crippen LogP contribution in [0.3, 0.4) is 0 Å². The van der Waals surface area contributed by atoms with Crippen LogP contribution in [0, 0.1) is 5.41 Å². The highest BCUT2D eigenvalue weighted by molar-refractivity contribution is 5.23. The molecule has 0 rings (SSSR count). The van der Waals surface area contributed by atoms with Gasteiger partial charge in [-0.25, -0.2) is 0 Å². The van der Waals surface area contributed by atoms with Gasteiger partial charge in [-0.05, 0) is 30.8 Å². The minimum atomic E-state index is 0.288. The van der Waals surface area contributed by atoms with Crippen molar-refractivity contribution in [3.8, 4) is 0 Å². The van der Waals surface area contributed by atoms with Gasteiger partial charge < -0.3 is 0 Å². The third kappa shape index (κ3) is 6.01. The molecule has 0 saturated carbocycles. The molecule has 0 unspecified atom stereocenters. The van der Waals surface area contributed by atoms with E-state index in [-0.39, 0.29) is 5.41 Å². The van der Waals surface area contributed by atoms with Gasteiger partial charge in [0.25, 0.3) is 0 Å². The fraction of sp³-hybridized carbons (Fsp3) is 0.714. The molecule has 0 aromatic carbocycles. The van der Waals surface area contributed by atoms with Crippen molar-refractivity contribution in [3.05, 3.63) is 23.8 Å². The number of allylic oxidation sites excluding steroid dienone is 4. The molecule has 0 heterocycles. The van der Waals surface area contributed by atoms with E-state index in [4.69, 9.17) is 0 Å². The molecule has 0 N–H and O–H groups in total. The van der Waals surface area contributed by atoms with E-state index in [9.17, 15) is 0 Å². The molecule has 14 heavy (non-hydrogen) atoms. The van der Waals surface area contributed by atoms with Gasteiger partial charge in [0.1, 0.15) is 0 Å². The Labute approximate surface area is 90.1 Å². The molecule has 0 aromatic heterocycles. The molecule has 0 aliphatic rings. The second kappa shape index (κ2) is 6.86. The molecule has 0 fully saturated rings. The molecule has 0 nitrogen and oxygen atoms in total. The summed E-state index contributed by atoms with van der Waals surface area (Å²) in [6, 6.07) is 0. The molecule has 0 amide bonds. The summed E-state index contributed by atoms with van der Waals surface area (Å²) >= 11 is 0. The first-order valence-electron chi connectivity index (χ1n) is 5.85. The molecule has 0 radical (unpaired) electrons. The van der Waals surface area contributed by atoms with Crippen molar-refractivity contribution in [2.45, 2.75) is 60.3 Å². The Morgan fingerprint density at radius 3 is 2.21 bits per heavy atom. The third-order valence-electron chi connectivity index (χ3n) is 2.45. The van der Waals surface area contributed by atoms with Crippen molar-refractivity contribution in [1.29, 1.82) is 0 Å². The predicted molar refractivity (Wildman–Crippen MR) is 66.5 cm³/mol. The van der Waals surface area contributed by atoms with Crippen LogP contribution < -0.4 is 0 Å². The monoisotopic (exact) mass is 194 g/mol. The van der Waals surface area contributed by atoms with Crippen LogP contribution in [0.2, 0.25) is 0 Å². The Kier molecular flexibility index (Phi) is 6.61. The highest BCUT2D eigenvalue weighted by Gasteiger charge is 2.12. The van der Waals surface area contributed by atoms with E-state index < -0.39 is 0 Å². The smallest absolute Gasteiger partial charge is 0.0135 e. The van der Waals surface area contributed by atoms with Crippen molar-refractivity contribution >= 4 is 0 Å². The zero-order valence-corrected chi connectivity index (χ0v) is 10.6. The average molecular weight is 194 g/mol. The first-order valence-corrected chi connectivity index (χ1v) is 5.85. The van der Waals surface area contributed by atoms with E-state index in [1.54, 1.807) is 0 Å². The highest BCUT2D eigenvalue weighted by Crippen LogP contribution is 2.26. The molecule has 0 atom stereocenters. The predicted octanol–water partition coefficient (Wildman–Crippen LogP) is 5.12. The molecular formula is C14H26. The lowest BCUT2D eigenvalue weighted by atomic mass is 9.86. The van der Waals surface area contributed by atoms with Gasteiger partial charge in [0.15, 0.2) is 0 Å². The maximum absolute atomic E-state index is 2.32. The van der Waals surface area contributed by atoms with Crippen molar-refractivity contribution in [2.75, 3.05) is 0 Å². The second-order valence-electron chi connectivity index (χ2n) is 4.89. The number of unbranched alkanes of at least 4 members (excludes halogenated alkanes) is 3. The Bertz CT molecular complexity index is 189. The van der Waals surface area contributed by atoms with Crippen LogP contribution in [0.1, 0.15) is 60.3 Å². The van der Waals surface area contributed by atoms with E-state index in [2.05, 4.69) is 52.8 Å². The lowest BCUT2D eigenvalue weighted by Crippen LogP contribution is -2.06. The van der Waals surface area contributed by atoms with E-state index in [0.29, 0.717) is 0 Å². The summed E-state index contributed by atoms with van der Waals surface area (Å²) in [7, 11) is 0. The zero-order chi connectivity index (χ0) is 11.0. The van der Waals surface area contributed by atoms with Crippen LogP contribution in [0.15, 0.2) is 23.8 Å². The van der Waals surface area contributed by atoms with Crippen molar-refractivity contribution < 1.29 is 0 Å². The summed E-state index contributed by atoms with van der Waals surface area (Å²) in [5, 5.41) is 0. The van der Waals surface area contributed by atoms with Gasteiger partial charge >= 0.3 is 0 Å². The van der Waals surface area contributed by atoms with Crippen molar-refractivity contribution in [3.63, 3.8) is 0 Å². The van der Waals surface area contributed by atoms with Crippen LogP contribution in [0.5, 0.6) is 0 Å². The Morgan fingerprint density at radius 1 is 1.14 bits per heavy atom. The topological polar surface area (TPSA) is 0 Å². The number of hydrogen-bond acceptors (Lipinski definition) is 0. The number of hydrogen-bond donors (Lipinski definition) is 0. The normalized spacial score (nSPS) is 13.9. The summed E-state index contributed by atoms with van der Waals surface area (Å²) in [5.41, 5.74) is 1.73. The first-order chi connectivity index (χ1) is 6.52. The van der Waals surface area contributed by atoms with E-state index >= 15 is 0 Å². The molecule has 0 saturated heterocycles. The van der Waals surface area contributed by atoms with Gasteiger partial charge in [-0.3, -0.25) is 0 Å². The molecule has 0 aliphatic heterocycles. The molecule has 82 valence electrons. The first kappa shape index (κ1) is 13.5. The lowest BCUT2D eigenvalue weighted by molar-refractivity contribution is 0.516. The maximum Gasteiger partial charge on any atom is -0.0135 e. The second-order valence-corrected chi connectivity index (χ2v) is 4.89. The molecule has 0 heteroatoms. The van der Waals surface area contributed by atoms with Gasteiger partial charge in [0.05, 0.1) is 0 Å². The zero-order valence-electron chi connectivity index (χ0n) is 10.6. The van der Waals surface area contributed by atoms with Crippen LogP contribution >= 0.6 is 0 Å². The summed E-state index contributed by atoms with van der Waals surface area (Å²) in [4.78, 5) is 0. The fourth-order valence-corrected chi connectivity index (χ4v) is 1.50. The van der Waals surface area contributed by atoms with Crippen molar-refractivity contribution in [1.82, 2.24) is 0 Å². The van der Waals surface area contributed by atoms with Crippen LogP contribution in [-0.2, 0) is 0 Å². The van der Waals surface area contributed by atoms with E-state index in [0.717, 1.165) is 0 Å². The third-order valence-corrected chi connectivity index (χ3v) is 2.45. The summed E-state index contributed by atoms with van der Waals surface area (Å²) in [5.74, 6) is 0.